The first kappa shape index (κ1) is 21.5. The SMILES string of the molecule is CC(C)[Si](O)(O)/C=C/c1ccc(S(=O)(=O)NCCc2c[nH]c3ccccc23)cc1. The zero-order chi connectivity index (χ0) is 21.1. The van der Waals surface area contributed by atoms with Crippen LogP contribution >= 0.6 is 0 Å². The van der Waals surface area contributed by atoms with Crippen molar-refractivity contribution < 1.29 is 18.0 Å². The molecule has 0 aliphatic heterocycles. The number of aromatic amines is 1. The molecule has 0 radical (unpaired) electrons. The van der Waals surface area contributed by atoms with Crippen LogP contribution in [0.25, 0.3) is 17.0 Å². The van der Waals surface area contributed by atoms with E-state index in [1.165, 1.54) is 17.8 Å². The lowest BCUT2D eigenvalue weighted by Crippen LogP contribution is -2.35. The van der Waals surface area contributed by atoms with E-state index in [-0.39, 0.29) is 10.4 Å². The summed E-state index contributed by atoms with van der Waals surface area (Å²) in [7, 11) is -7.01. The lowest BCUT2D eigenvalue weighted by molar-refractivity contribution is 0.364. The molecule has 2 aromatic carbocycles. The molecule has 6 nitrogen and oxygen atoms in total. The zero-order valence-corrected chi connectivity index (χ0v) is 18.3. The Morgan fingerprint density at radius 1 is 1.10 bits per heavy atom. The van der Waals surface area contributed by atoms with Gasteiger partial charge in [0.2, 0.25) is 10.0 Å². The quantitative estimate of drug-likeness (QED) is 0.412. The highest BCUT2D eigenvalue weighted by atomic mass is 32.2. The molecule has 0 saturated heterocycles. The maximum atomic E-state index is 12.5. The Morgan fingerprint density at radius 2 is 1.79 bits per heavy atom. The Morgan fingerprint density at radius 3 is 2.48 bits per heavy atom. The maximum Gasteiger partial charge on any atom is 0.362 e. The molecule has 0 saturated carbocycles. The Balaban J connectivity index is 1.63. The monoisotopic (exact) mass is 430 g/mol. The van der Waals surface area contributed by atoms with Crippen LogP contribution in [0.4, 0.5) is 0 Å². The average molecular weight is 431 g/mol. The second kappa shape index (κ2) is 8.64. The largest absolute Gasteiger partial charge is 0.408 e. The summed E-state index contributed by atoms with van der Waals surface area (Å²) in [6.45, 7) is 3.81. The Hall–Kier alpha value is -2.23. The van der Waals surface area contributed by atoms with Crippen LogP contribution in [-0.4, -0.2) is 38.1 Å². The fourth-order valence-corrected chi connectivity index (χ4v) is 4.77. The summed E-state index contributed by atoms with van der Waals surface area (Å²) in [4.78, 5) is 23.3. The molecule has 0 spiro atoms. The van der Waals surface area contributed by atoms with Crippen LogP contribution in [0.15, 0.2) is 65.3 Å². The van der Waals surface area contributed by atoms with Gasteiger partial charge in [-0.1, -0.05) is 50.3 Å². The van der Waals surface area contributed by atoms with Gasteiger partial charge in [0.25, 0.3) is 0 Å². The van der Waals surface area contributed by atoms with Crippen molar-refractivity contribution in [3.8, 4) is 0 Å². The minimum Gasteiger partial charge on any atom is -0.408 e. The van der Waals surface area contributed by atoms with E-state index in [0.717, 1.165) is 16.5 Å². The molecule has 154 valence electrons. The Labute approximate surface area is 172 Å². The van der Waals surface area contributed by atoms with Crippen LogP contribution in [0.5, 0.6) is 0 Å². The van der Waals surface area contributed by atoms with Gasteiger partial charge in [-0.3, -0.25) is 0 Å². The van der Waals surface area contributed by atoms with Crippen molar-refractivity contribution in [3.63, 3.8) is 0 Å². The fourth-order valence-electron chi connectivity index (χ4n) is 2.91. The summed E-state index contributed by atoms with van der Waals surface area (Å²) in [5.74, 6) is 0. The van der Waals surface area contributed by atoms with Gasteiger partial charge >= 0.3 is 8.56 Å². The summed E-state index contributed by atoms with van der Waals surface area (Å²) >= 11 is 0. The molecule has 0 bridgehead atoms. The Bertz CT molecular complexity index is 1100. The molecule has 0 atom stereocenters. The van der Waals surface area contributed by atoms with E-state index in [0.29, 0.717) is 18.5 Å². The van der Waals surface area contributed by atoms with Gasteiger partial charge < -0.3 is 14.6 Å². The number of sulfonamides is 1. The van der Waals surface area contributed by atoms with E-state index in [4.69, 9.17) is 0 Å². The number of aromatic nitrogens is 1. The molecule has 0 fully saturated rings. The molecule has 0 unspecified atom stereocenters. The Kier molecular flexibility index (Phi) is 6.40. The minimum absolute atomic E-state index is 0.175. The van der Waals surface area contributed by atoms with Crippen LogP contribution in [0.2, 0.25) is 5.54 Å². The van der Waals surface area contributed by atoms with E-state index in [1.807, 2.05) is 30.5 Å². The molecule has 1 heterocycles. The van der Waals surface area contributed by atoms with Crippen LogP contribution in [-0.2, 0) is 16.4 Å². The molecule has 8 heteroatoms. The molecule has 3 aromatic rings. The maximum absolute atomic E-state index is 12.5. The van der Waals surface area contributed by atoms with Gasteiger partial charge in [-0.15, -0.1) is 0 Å². The second-order valence-electron chi connectivity index (χ2n) is 7.35. The molecule has 0 amide bonds. The molecule has 29 heavy (non-hydrogen) atoms. The molecule has 4 N–H and O–H groups in total. The van der Waals surface area contributed by atoms with E-state index in [2.05, 4.69) is 9.71 Å². The highest BCUT2D eigenvalue weighted by molar-refractivity contribution is 7.89. The average Bonchev–Trinajstić information content (AvgIpc) is 3.10. The summed E-state index contributed by atoms with van der Waals surface area (Å²) in [5, 5.41) is 1.09. The molecular formula is C21H26N2O4SSi. The number of para-hydroxylation sites is 1. The third kappa shape index (κ3) is 5.23. The normalized spacial score (nSPS) is 13.0. The van der Waals surface area contributed by atoms with Crippen molar-refractivity contribution in [2.45, 2.75) is 30.7 Å². The van der Waals surface area contributed by atoms with Gasteiger partial charge in [-0.25, -0.2) is 13.1 Å². The van der Waals surface area contributed by atoms with Crippen LogP contribution < -0.4 is 4.72 Å². The first-order valence-corrected chi connectivity index (χ1v) is 13.0. The van der Waals surface area contributed by atoms with Crippen molar-refractivity contribution in [2.75, 3.05) is 6.54 Å². The van der Waals surface area contributed by atoms with E-state index in [9.17, 15) is 18.0 Å². The third-order valence-corrected chi connectivity index (χ3v) is 8.76. The van der Waals surface area contributed by atoms with E-state index < -0.39 is 18.6 Å². The van der Waals surface area contributed by atoms with Crippen LogP contribution in [0.3, 0.4) is 0 Å². The molecule has 0 aliphatic carbocycles. The summed E-state index contributed by atoms with van der Waals surface area (Å²) < 4.78 is 27.7. The van der Waals surface area contributed by atoms with Crippen molar-refractivity contribution >= 4 is 35.6 Å². The van der Waals surface area contributed by atoms with Crippen LogP contribution in [0.1, 0.15) is 25.0 Å². The van der Waals surface area contributed by atoms with Gasteiger partial charge in [0, 0.05) is 29.2 Å². The lowest BCUT2D eigenvalue weighted by Gasteiger charge is -2.17. The number of rotatable bonds is 8. The van der Waals surface area contributed by atoms with Gasteiger partial charge in [-0.05, 0) is 41.4 Å². The summed E-state index contributed by atoms with van der Waals surface area (Å²) in [6, 6.07) is 14.2. The van der Waals surface area contributed by atoms with Gasteiger partial charge in [0.1, 0.15) is 0 Å². The molecule has 1 aromatic heterocycles. The standard InChI is InChI=1S/C21H26N2O4SSi/c1-16(2)29(26,27)14-12-17-7-9-19(10-8-17)28(24,25)23-13-11-18-15-22-21-6-4-3-5-20(18)21/h3-10,12,14-16,22-23,26-27H,11,13H2,1-2H3/b14-12+. The summed E-state index contributed by atoms with van der Waals surface area (Å²) in [5.41, 5.74) is 4.02. The van der Waals surface area contributed by atoms with Crippen molar-refractivity contribution in [1.82, 2.24) is 9.71 Å². The van der Waals surface area contributed by atoms with Crippen molar-refractivity contribution in [1.29, 1.82) is 0 Å². The topological polar surface area (TPSA) is 102 Å². The third-order valence-electron chi connectivity index (χ3n) is 4.92. The number of hydrogen-bond donors (Lipinski definition) is 4. The van der Waals surface area contributed by atoms with Gasteiger partial charge in [0.15, 0.2) is 0 Å². The molecule has 0 aliphatic rings. The second-order valence-corrected chi connectivity index (χ2v) is 12.2. The van der Waals surface area contributed by atoms with Crippen LogP contribution in [0, 0.1) is 0 Å². The lowest BCUT2D eigenvalue weighted by atomic mass is 10.1. The van der Waals surface area contributed by atoms with Crippen molar-refractivity contribution in [2.24, 2.45) is 0 Å². The van der Waals surface area contributed by atoms with Crippen molar-refractivity contribution in [3.05, 3.63) is 71.6 Å². The highest BCUT2D eigenvalue weighted by Gasteiger charge is 2.29. The minimum atomic E-state index is -3.61. The number of benzene rings is 2. The fraction of sp³-hybridized carbons (Fsp3) is 0.238. The predicted molar refractivity (Wildman–Crippen MR) is 118 cm³/mol. The zero-order valence-electron chi connectivity index (χ0n) is 16.5. The van der Waals surface area contributed by atoms with Gasteiger partial charge in [-0.2, -0.15) is 0 Å². The number of fused-ring (bicyclic) bond motifs is 1. The first-order valence-electron chi connectivity index (χ1n) is 9.48. The smallest absolute Gasteiger partial charge is 0.362 e. The number of H-pyrrole nitrogens is 1. The van der Waals surface area contributed by atoms with E-state index >= 15 is 0 Å². The number of nitrogens with one attached hydrogen (secondary N) is 2. The van der Waals surface area contributed by atoms with Gasteiger partial charge in [0.05, 0.1) is 4.90 Å². The summed E-state index contributed by atoms with van der Waals surface area (Å²) in [6.07, 6.45) is 4.11. The van der Waals surface area contributed by atoms with E-state index in [1.54, 1.807) is 32.1 Å². The predicted octanol–water partition coefficient (Wildman–Crippen LogP) is 3.08. The first-order chi connectivity index (χ1) is 13.7. The molecular weight excluding hydrogens is 404 g/mol. The number of hydrogen-bond acceptors (Lipinski definition) is 4. The molecule has 3 rings (SSSR count). The highest BCUT2D eigenvalue weighted by Crippen LogP contribution is 2.19.